The van der Waals surface area contributed by atoms with Gasteiger partial charge in [0.15, 0.2) is 0 Å². The Kier molecular flexibility index (Phi) is 5.38. The van der Waals surface area contributed by atoms with Gasteiger partial charge in [-0.15, -0.1) is 0 Å². The molecule has 0 aliphatic carbocycles. The number of allylic oxidation sites excluding steroid dienone is 1. The molecule has 0 saturated heterocycles. The Balaban J connectivity index is -0.000000405. The lowest BCUT2D eigenvalue weighted by molar-refractivity contribution is 0.555. The Morgan fingerprint density at radius 2 is 2.10 bits per heavy atom. The monoisotopic (exact) mass is 144 g/mol. The van der Waals surface area contributed by atoms with Crippen molar-refractivity contribution in [1.29, 1.82) is 0 Å². The summed E-state index contributed by atoms with van der Waals surface area (Å²) in [4.78, 5) is 0. The zero-order chi connectivity index (χ0) is 7.98. The van der Waals surface area contributed by atoms with Crippen molar-refractivity contribution < 1.29 is 2.85 Å². The van der Waals surface area contributed by atoms with Crippen molar-refractivity contribution in [3.8, 4) is 0 Å². The van der Waals surface area contributed by atoms with Gasteiger partial charge >= 0.3 is 0 Å². The Bertz CT molecular complexity index is 100. The van der Waals surface area contributed by atoms with E-state index in [1.54, 1.807) is 0 Å². The lowest BCUT2D eigenvalue weighted by Crippen LogP contribution is -1.94. The Labute approximate surface area is 68.3 Å². The van der Waals surface area contributed by atoms with E-state index in [-0.39, 0.29) is 2.85 Å². The van der Waals surface area contributed by atoms with Gasteiger partial charge in [0.05, 0.1) is 0 Å². The predicted octanol–water partition coefficient (Wildman–Crippen LogP) is 4.27. The van der Waals surface area contributed by atoms with Gasteiger partial charge in [-0.3, -0.25) is 0 Å². The Morgan fingerprint density at radius 3 is 2.50 bits per heavy atom. The first-order chi connectivity index (χ1) is 4.68. The van der Waals surface area contributed by atoms with Gasteiger partial charge in [-0.1, -0.05) is 45.3 Å². The summed E-state index contributed by atoms with van der Waals surface area (Å²) in [7, 11) is 0. The molecular formula is C10H24. The molecular weight excluding hydrogens is 120 g/mol. The van der Waals surface area contributed by atoms with Crippen molar-refractivity contribution in [1.82, 2.24) is 0 Å². The first kappa shape index (κ1) is 9.74. The molecule has 0 N–H and O–H groups in total. The van der Waals surface area contributed by atoms with Gasteiger partial charge in [-0.2, -0.15) is 0 Å². The summed E-state index contributed by atoms with van der Waals surface area (Å²) in [5.41, 5.74) is 1.33. The van der Waals surface area contributed by atoms with E-state index in [9.17, 15) is 0 Å². The van der Waals surface area contributed by atoms with Crippen LogP contribution < -0.4 is 0 Å². The molecule has 0 bridgehead atoms. The van der Waals surface area contributed by atoms with Crippen LogP contribution in [0.1, 0.15) is 49.3 Å². The first-order valence-electron chi connectivity index (χ1n) is 4.33. The van der Waals surface area contributed by atoms with Crippen molar-refractivity contribution in [3.05, 3.63) is 12.2 Å². The highest BCUT2D eigenvalue weighted by Gasteiger charge is 2.00. The zero-order valence-electron chi connectivity index (χ0n) is 7.61. The van der Waals surface area contributed by atoms with Gasteiger partial charge < -0.3 is 0 Å². The number of hydrogen-bond donors (Lipinski definition) is 0. The highest BCUT2D eigenvalue weighted by atomic mass is 14.1. The molecule has 0 fully saturated rings. The highest BCUT2D eigenvalue weighted by molar-refractivity contribution is 4.93. The molecule has 1 atom stereocenters. The average molecular weight is 144 g/mol. The summed E-state index contributed by atoms with van der Waals surface area (Å²) in [6, 6.07) is 0. The van der Waals surface area contributed by atoms with Crippen molar-refractivity contribution in [2.24, 2.45) is 5.92 Å². The summed E-state index contributed by atoms with van der Waals surface area (Å²) >= 11 is 0. The molecule has 0 aromatic carbocycles. The lowest BCUT2D eigenvalue weighted by Gasteiger charge is -2.09. The average Bonchev–Trinajstić information content (AvgIpc) is 1.88. The molecule has 0 heterocycles. The fraction of sp³-hybridized carbons (Fsp3) is 0.800. The standard InChI is InChI=1S/C10H20.2H2/c1-5-6-7-8-10(4)9(2)3;;/h10H,2,5-8H2,1,3-4H3;2*1H/t10-;;/m0../s1. The lowest BCUT2D eigenvalue weighted by atomic mass is 9.97. The van der Waals surface area contributed by atoms with Crippen molar-refractivity contribution in [2.75, 3.05) is 0 Å². The predicted molar refractivity (Wildman–Crippen MR) is 52.3 cm³/mol. The quantitative estimate of drug-likeness (QED) is 0.399. The first-order valence-corrected chi connectivity index (χ1v) is 4.33. The van der Waals surface area contributed by atoms with Crippen LogP contribution in [0, 0.1) is 5.92 Å². The van der Waals surface area contributed by atoms with Gasteiger partial charge in [0.2, 0.25) is 0 Å². The number of unbranched alkanes of at least 4 members (excludes halogenated alkanes) is 2. The van der Waals surface area contributed by atoms with E-state index >= 15 is 0 Å². The van der Waals surface area contributed by atoms with Crippen LogP contribution in [0.5, 0.6) is 0 Å². The largest absolute Gasteiger partial charge is 0.0999 e. The van der Waals surface area contributed by atoms with Gasteiger partial charge in [0, 0.05) is 2.85 Å². The maximum absolute atomic E-state index is 3.93. The fourth-order valence-electron chi connectivity index (χ4n) is 0.947. The summed E-state index contributed by atoms with van der Waals surface area (Å²) in [6.45, 7) is 10.6. The molecule has 0 nitrogen and oxygen atoms in total. The molecule has 10 heavy (non-hydrogen) atoms. The van der Waals surface area contributed by atoms with Crippen LogP contribution in [-0.4, -0.2) is 0 Å². The minimum Gasteiger partial charge on any atom is -0.0999 e. The van der Waals surface area contributed by atoms with Crippen LogP contribution in [-0.2, 0) is 0 Å². The molecule has 0 aliphatic heterocycles. The molecule has 0 heteroatoms. The molecule has 0 amide bonds. The zero-order valence-corrected chi connectivity index (χ0v) is 7.61. The highest BCUT2D eigenvalue weighted by Crippen LogP contribution is 2.15. The molecule has 0 aromatic rings. The normalized spacial score (nSPS) is 13.1. The molecule has 0 unspecified atom stereocenters. The molecule has 0 aromatic heterocycles. The van der Waals surface area contributed by atoms with Crippen LogP contribution in [0.2, 0.25) is 0 Å². The van der Waals surface area contributed by atoms with Crippen molar-refractivity contribution >= 4 is 0 Å². The third kappa shape index (κ3) is 4.60. The molecule has 0 rings (SSSR count). The summed E-state index contributed by atoms with van der Waals surface area (Å²) in [5, 5.41) is 0. The van der Waals surface area contributed by atoms with Gasteiger partial charge in [0.25, 0.3) is 0 Å². The van der Waals surface area contributed by atoms with Crippen LogP contribution in [0.25, 0.3) is 0 Å². The maximum Gasteiger partial charge on any atom is 0 e. The summed E-state index contributed by atoms with van der Waals surface area (Å²) in [6.07, 6.45) is 5.38. The summed E-state index contributed by atoms with van der Waals surface area (Å²) in [5.74, 6) is 0.728. The van der Waals surface area contributed by atoms with E-state index in [2.05, 4.69) is 27.4 Å². The Morgan fingerprint density at radius 1 is 1.50 bits per heavy atom. The molecule has 0 saturated carbocycles. The number of hydrogen-bond acceptors (Lipinski definition) is 0. The minimum absolute atomic E-state index is 0. The summed E-state index contributed by atoms with van der Waals surface area (Å²) < 4.78 is 0. The van der Waals surface area contributed by atoms with Crippen LogP contribution >= 0.6 is 0 Å². The smallest absolute Gasteiger partial charge is 0 e. The second-order valence-electron chi connectivity index (χ2n) is 3.24. The second kappa shape index (κ2) is 5.52. The van der Waals surface area contributed by atoms with E-state index < -0.39 is 0 Å². The third-order valence-corrected chi connectivity index (χ3v) is 2.08. The molecule has 0 radical (unpaired) electrons. The van der Waals surface area contributed by atoms with Gasteiger partial charge in [-0.25, -0.2) is 0 Å². The van der Waals surface area contributed by atoms with E-state index in [0.717, 1.165) is 5.92 Å². The fourth-order valence-corrected chi connectivity index (χ4v) is 0.947. The van der Waals surface area contributed by atoms with Gasteiger partial charge in [0.1, 0.15) is 0 Å². The Hall–Kier alpha value is -0.260. The van der Waals surface area contributed by atoms with Crippen molar-refractivity contribution in [3.63, 3.8) is 0 Å². The SMILES string of the molecule is C=C(C)[C@@H](C)CCCCC.[HH].[HH]. The topological polar surface area (TPSA) is 0 Å². The van der Waals surface area contributed by atoms with Crippen LogP contribution in [0.3, 0.4) is 0 Å². The van der Waals surface area contributed by atoms with Crippen LogP contribution in [0.4, 0.5) is 0 Å². The molecule has 0 aliphatic rings. The third-order valence-electron chi connectivity index (χ3n) is 2.08. The van der Waals surface area contributed by atoms with E-state index in [4.69, 9.17) is 0 Å². The van der Waals surface area contributed by atoms with Crippen molar-refractivity contribution in [2.45, 2.75) is 46.5 Å². The van der Waals surface area contributed by atoms with E-state index in [1.165, 1.54) is 31.3 Å². The second-order valence-corrected chi connectivity index (χ2v) is 3.24. The molecule has 0 spiro atoms. The van der Waals surface area contributed by atoms with Crippen LogP contribution in [0.15, 0.2) is 12.2 Å². The van der Waals surface area contributed by atoms with E-state index in [0.29, 0.717) is 0 Å². The minimum atomic E-state index is 0. The maximum atomic E-state index is 3.93. The van der Waals surface area contributed by atoms with E-state index in [1.807, 2.05) is 0 Å². The molecule has 64 valence electrons. The number of rotatable bonds is 5. The van der Waals surface area contributed by atoms with Gasteiger partial charge in [-0.05, 0) is 19.3 Å².